The molecule has 0 aliphatic carbocycles. The minimum absolute atomic E-state index is 0.753. The van der Waals surface area contributed by atoms with Crippen LogP contribution in [0.15, 0.2) is 82.8 Å². The summed E-state index contributed by atoms with van der Waals surface area (Å²) in [5, 5.41) is 20.1. The first kappa shape index (κ1) is 17.2. The maximum Gasteiger partial charge on any atom is 0.171 e. The molecule has 0 amide bonds. The van der Waals surface area contributed by atoms with Crippen molar-refractivity contribution in [1.82, 2.24) is 0 Å². The van der Waals surface area contributed by atoms with Gasteiger partial charge in [0.05, 0.1) is 0 Å². The Morgan fingerprint density at radius 2 is 1.04 bits per heavy atom. The highest BCUT2D eigenvalue weighted by atomic mass is 32.1. The van der Waals surface area contributed by atoms with Gasteiger partial charge in [-0.2, -0.15) is 0 Å². The van der Waals surface area contributed by atoms with E-state index in [0.717, 1.165) is 20.9 Å². The largest absolute Gasteiger partial charge is 0.368 e. The molecule has 0 spiro atoms. The van der Waals surface area contributed by atoms with Gasteiger partial charge in [-0.05, 0) is 12.1 Å². The first-order valence-electron chi connectivity index (χ1n) is 7.84. The van der Waals surface area contributed by atoms with Gasteiger partial charge in [0.15, 0.2) is 12.5 Å². The monoisotopic (exact) mass is 350 g/mol. The van der Waals surface area contributed by atoms with Gasteiger partial charge in [0.25, 0.3) is 0 Å². The van der Waals surface area contributed by atoms with E-state index in [1.54, 1.807) is 12.4 Å². The summed E-state index contributed by atoms with van der Waals surface area (Å²) in [6.45, 7) is 0. The number of rotatable bonds is 6. The van der Waals surface area contributed by atoms with Gasteiger partial charge in [0.2, 0.25) is 0 Å². The zero-order chi connectivity index (χ0) is 17.5. The third-order valence-electron chi connectivity index (χ3n) is 3.53. The summed E-state index contributed by atoms with van der Waals surface area (Å²) in [5.41, 5.74) is 1.51. The lowest BCUT2D eigenvalue weighted by atomic mass is 10.2. The van der Waals surface area contributed by atoms with Crippen LogP contribution in [0, 0.1) is 0 Å². The van der Waals surface area contributed by atoms with Crippen LogP contribution in [-0.4, -0.2) is 22.6 Å². The summed E-state index contributed by atoms with van der Waals surface area (Å²) in [6, 6.07) is 22.4. The standard InChI is InChI=1S/C20H18N2O2S/c23-19(15-7-3-1-4-8-15)21-13-17-11-12-18(25-17)14-22-20(24)16-9-5-2-6-10-16/h1-14,19-20,23-24H/b21-13+,22-14+/t19-,20-/m0/s1. The molecular formula is C20H18N2O2S. The molecule has 0 unspecified atom stereocenters. The van der Waals surface area contributed by atoms with Crippen molar-refractivity contribution in [3.8, 4) is 0 Å². The van der Waals surface area contributed by atoms with Crippen molar-refractivity contribution in [3.05, 3.63) is 93.7 Å². The molecule has 25 heavy (non-hydrogen) atoms. The van der Waals surface area contributed by atoms with Gasteiger partial charge in [0, 0.05) is 33.3 Å². The van der Waals surface area contributed by atoms with Crippen LogP contribution in [0.1, 0.15) is 33.3 Å². The number of benzene rings is 2. The van der Waals surface area contributed by atoms with E-state index < -0.39 is 12.5 Å². The summed E-state index contributed by atoms with van der Waals surface area (Å²) in [6.07, 6.45) is 1.54. The zero-order valence-corrected chi connectivity index (χ0v) is 14.3. The number of aliphatic imine (C=N–C) groups is 2. The van der Waals surface area contributed by atoms with Crippen molar-refractivity contribution in [2.24, 2.45) is 9.98 Å². The van der Waals surface area contributed by atoms with Crippen molar-refractivity contribution < 1.29 is 10.2 Å². The number of thiophene rings is 1. The highest BCUT2D eigenvalue weighted by Crippen LogP contribution is 2.18. The van der Waals surface area contributed by atoms with Crippen LogP contribution in [0.25, 0.3) is 0 Å². The molecule has 126 valence electrons. The van der Waals surface area contributed by atoms with Gasteiger partial charge in [-0.3, -0.25) is 9.98 Å². The van der Waals surface area contributed by atoms with E-state index in [1.807, 2.05) is 72.8 Å². The van der Waals surface area contributed by atoms with E-state index in [9.17, 15) is 10.2 Å². The second kappa shape index (κ2) is 8.48. The number of hydrogen-bond donors (Lipinski definition) is 2. The van der Waals surface area contributed by atoms with E-state index in [0.29, 0.717) is 0 Å². The lowest BCUT2D eigenvalue weighted by Crippen LogP contribution is -1.93. The molecule has 0 bridgehead atoms. The Hall–Kier alpha value is -2.60. The lowest BCUT2D eigenvalue weighted by Gasteiger charge is -2.04. The molecule has 0 aliphatic rings. The quantitative estimate of drug-likeness (QED) is 0.661. The van der Waals surface area contributed by atoms with Gasteiger partial charge in [-0.1, -0.05) is 60.7 Å². The topological polar surface area (TPSA) is 65.2 Å². The fourth-order valence-electron chi connectivity index (χ4n) is 2.22. The molecule has 5 heteroatoms. The summed E-state index contributed by atoms with van der Waals surface area (Å²) >= 11 is 1.49. The second-order valence-corrected chi connectivity index (χ2v) is 6.51. The number of hydrogen-bond acceptors (Lipinski definition) is 5. The summed E-state index contributed by atoms with van der Waals surface area (Å²) < 4.78 is 0. The van der Waals surface area contributed by atoms with Crippen LogP contribution in [0.4, 0.5) is 0 Å². The summed E-state index contributed by atoms with van der Waals surface area (Å²) in [4.78, 5) is 10.2. The maximum absolute atomic E-state index is 10.0. The van der Waals surface area contributed by atoms with Crippen LogP contribution < -0.4 is 0 Å². The SMILES string of the molecule is O[C@H](/N=C/c1ccc(/C=N/[C@@H](O)c2ccccc2)s1)c1ccccc1. The average molecular weight is 350 g/mol. The van der Waals surface area contributed by atoms with E-state index in [-0.39, 0.29) is 0 Å². The van der Waals surface area contributed by atoms with E-state index in [4.69, 9.17) is 0 Å². The molecule has 0 saturated heterocycles. The molecule has 0 fully saturated rings. The smallest absolute Gasteiger partial charge is 0.171 e. The Labute approximate surface area is 150 Å². The predicted molar refractivity (Wildman–Crippen MR) is 102 cm³/mol. The molecule has 4 nitrogen and oxygen atoms in total. The van der Waals surface area contributed by atoms with Crippen LogP contribution in [0.3, 0.4) is 0 Å². The van der Waals surface area contributed by atoms with Crippen LogP contribution in [-0.2, 0) is 0 Å². The molecule has 1 aromatic heterocycles. The normalized spacial score (nSPS) is 14.2. The summed E-state index contributed by atoms with van der Waals surface area (Å²) in [5.74, 6) is 0. The molecule has 2 N–H and O–H groups in total. The van der Waals surface area contributed by atoms with E-state index in [1.165, 1.54) is 11.3 Å². The minimum Gasteiger partial charge on any atom is -0.368 e. The van der Waals surface area contributed by atoms with Crippen molar-refractivity contribution in [3.63, 3.8) is 0 Å². The van der Waals surface area contributed by atoms with Gasteiger partial charge in [0.1, 0.15) is 0 Å². The molecular weight excluding hydrogens is 332 g/mol. The number of aliphatic hydroxyl groups excluding tert-OH is 2. The zero-order valence-electron chi connectivity index (χ0n) is 13.4. The Morgan fingerprint density at radius 1 is 0.640 bits per heavy atom. The summed E-state index contributed by atoms with van der Waals surface area (Å²) in [7, 11) is 0. The molecule has 0 aliphatic heterocycles. The Kier molecular flexibility index (Phi) is 5.85. The van der Waals surface area contributed by atoms with Crippen molar-refractivity contribution >= 4 is 23.8 Å². The lowest BCUT2D eigenvalue weighted by molar-refractivity contribution is 0.189. The Bertz CT molecular complexity index is 774. The highest BCUT2D eigenvalue weighted by Gasteiger charge is 2.04. The first-order valence-corrected chi connectivity index (χ1v) is 8.66. The van der Waals surface area contributed by atoms with Crippen molar-refractivity contribution in [1.29, 1.82) is 0 Å². The molecule has 2 aromatic carbocycles. The number of nitrogens with zero attached hydrogens (tertiary/aromatic N) is 2. The van der Waals surface area contributed by atoms with Gasteiger partial charge in [-0.25, -0.2) is 0 Å². The van der Waals surface area contributed by atoms with Crippen LogP contribution in [0.5, 0.6) is 0 Å². The average Bonchev–Trinajstić information content (AvgIpc) is 3.13. The molecule has 3 rings (SSSR count). The Balaban J connectivity index is 1.62. The fraction of sp³-hybridized carbons (Fsp3) is 0.100. The first-order chi connectivity index (χ1) is 12.2. The van der Waals surface area contributed by atoms with Crippen LogP contribution in [0.2, 0.25) is 0 Å². The van der Waals surface area contributed by atoms with Gasteiger partial charge in [-0.15, -0.1) is 11.3 Å². The third kappa shape index (κ3) is 4.93. The molecule has 3 aromatic rings. The van der Waals surface area contributed by atoms with Gasteiger partial charge < -0.3 is 10.2 Å². The highest BCUT2D eigenvalue weighted by molar-refractivity contribution is 7.15. The second-order valence-electron chi connectivity index (χ2n) is 5.37. The molecule has 1 heterocycles. The van der Waals surface area contributed by atoms with Crippen molar-refractivity contribution in [2.45, 2.75) is 12.5 Å². The van der Waals surface area contributed by atoms with E-state index >= 15 is 0 Å². The minimum atomic E-state index is -0.875. The maximum atomic E-state index is 10.0. The predicted octanol–water partition coefficient (Wildman–Crippen LogP) is 3.97. The molecule has 0 saturated carbocycles. The van der Waals surface area contributed by atoms with Gasteiger partial charge >= 0.3 is 0 Å². The van der Waals surface area contributed by atoms with Crippen LogP contribution >= 0.6 is 11.3 Å². The van der Waals surface area contributed by atoms with E-state index in [2.05, 4.69) is 9.98 Å². The fourth-order valence-corrected chi connectivity index (χ4v) is 2.99. The van der Waals surface area contributed by atoms with Crippen molar-refractivity contribution in [2.75, 3.05) is 0 Å². The Morgan fingerprint density at radius 3 is 1.44 bits per heavy atom. The molecule has 2 atom stereocenters. The third-order valence-corrected chi connectivity index (χ3v) is 4.48. The molecule has 0 radical (unpaired) electrons. The number of aliphatic hydroxyl groups is 2.